The number of nitrogen functional groups attached to an aromatic ring is 1. The van der Waals surface area contributed by atoms with E-state index in [1.807, 2.05) is 6.92 Å². The molecule has 0 heterocycles. The lowest BCUT2D eigenvalue weighted by Crippen LogP contribution is -2.31. The Balaban J connectivity index is 0.000000921. The van der Waals surface area contributed by atoms with Gasteiger partial charge < -0.3 is 10.7 Å². The molecule has 0 aromatic heterocycles. The van der Waals surface area contributed by atoms with Crippen LogP contribution in [0.5, 0.6) is 0 Å². The lowest BCUT2D eigenvalue weighted by Gasteiger charge is -2.18. The molecule has 0 saturated carbocycles. The summed E-state index contributed by atoms with van der Waals surface area (Å²) in [6, 6.07) is 2.94. The molecule has 15 heavy (non-hydrogen) atoms. The molecule has 0 aliphatic carbocycles. The third-order valence-electron chi connectivity index (χ3n) is 1.96. The number of hydrogen-bond donors (Lipinski definition) is 2. The lowest BCUT2D eigenvalue weighted by molar-refractivity contribution is 0.618. The molecule has 0 spiro atoms. The molecule has 0 bridgehead atoms. The Hall–Kier alpha value is -1.55. The first kappa shape index (κ1) is 13.5. The van der Waals surface area contributed by atoms with Crippen LogP contribution in [0.15, 0.2) is 25.3 Å². The van der Waals surface area contributed by atoms with Crippen LogP contribution in [-0.2, 0) is 0 Å². The molecule has 3 nitrogen and oxygen atoms in total. The van der Waals surface area contributed by atoms with Gasteiger partial charge in [-0.25, -0.2) is 10.2 Å². The Bertz CT molecular complexity index is 326. The molecule has 4 heteroatoms. The van der Waals surface area contributed by atoms with Crippen LogP contribution < -0.4 is 16.6 Å². The summed E-state index contributed by atoms with van der Waals surface area (Å²) >= 11 is 0. The summed E-state index contributed by atoms with van der Waals surface area (Å²) in [7, 11) is 0. The van der Waals surface area contributed by atoms with E-state index in [1.54, 1.807) is 13.0 Å². The third-order valence-corrected chi connectivity index (χ3v) is 1.96. The largest absolute Gasteiger partial charge is 0.397 e. The maximum absolute atomic E-state index is 13.1. The van der Waals surface area contributed by atoms with Crippen LogP contribution in [0.25, 0.3) is 0 Å². The number of hydrazine groups is 1. The van der Waals surface area contributed by atoms with E-state index < -0.39 is 0 Å². The minimum absolute atomic E-state index is 0.284. The van der Waals surface area contributed by atoms with Gasteiger partial charge in [0.15, 0.2) is 0 Å². The molecular weight excluding hydrogens is 193 g/mol. The quantitative estimate of drug-likeness (QED) is 0.341. The molecule has 0 fully saturated rings. The molecule has 0 amide bonds. The highest BCUT2D eigenvalue weighted by atomic mass is 19.1. The minimum atomic E-state index is -0.284. The van der Waals surface area contributed by atoms with Gasteiger partial charge in [-0.15, -0.1) is 13.2 Å². The second-order valence-corrected chi connectivity index (χ2v) is 2.95. The molecule has 1 aromatic carbocycles. The van der Waals surface area contributed by atoms with Gasteiger partial charge >= 0.3 is 0 Å². The van der Waals surface area contributed by atoms with E-state index in [9.17, 15) is 4.39 Å². The highest BCUT2D eigenvalue weighted by molar-refractivity contribution is 5.67. The first-order valence-corrected chi connectivity index (χ1v) is 4.64. The summed E-state index contributed by atoms with van der Waals surface area (Å²) in [4.78, 5) is 0. The van der Waals surface area contributed by atoms with Crippen molar-refractivity contribution in [2.75, 3.05) is 17.3 Å². The number of nitrogens with two attached hydrogens (primary N) is 2. The summed E-state index contributed by atoms with van der Waals surface area (Å²) in [5.74, 6) is 5.32. The molecule has 4 N–H and O–H groups in total. The third kappa shape index (κ3) is 3.25. The second-order valence-electron chi connectivity index (χ2n) is 2.95. The maximum Gasteiger partial charge on any atom is 0.128 e. The van der Waals surface area contributed by atoms with Crippen molar-refractivity contribution in [1.29, 1.82) is 0 Å². The van der Waals surface area contributed by atoms with E-state index in [0.29, 0.717) is 23.5 Å². The topological polar surface area (TPSA) is 55.3 Å². The van der Waals surface area contributed by atoms with E-state index in [-0.39, 0.29) is 5.82 Å². The fourth-order valence-electron chi connectivity index (χ4n) is 1.11. The summed E-state index contributed by atoms with van der Waals surface area (Å²) < 4.78 is 13.1. The van der Waals surface area contributed by atoms with Crippen molar-refractivity contribution in [2.24, 2.45) is 5.84 Å². The van der Waals surface area contributed by atoms with Crippen molar-refractivity contribution in [2.45, 2.75) is 13.8 Å². The zero-order chi connectivity index (χ0) is 12.0. The minimum Gasteiger partial charge on any atom is -0.397 e. The average molecular weight is 211 g/mol. The van der Waals surface area contributed by atoms with Gasteiger partial charge in [-0.1, -0.05) is 0 Å². The number of halogens is 1. The van der Waals surface area contributed by atoms with E-state index in [1.165, 1.54) is 11.1 Å². The number of anilines is 2. The highest BCUT2D eigenvalue weighted by Gasteiger charge is 2.07. The van der Waals surface area contributed by atoms with Crippen LogP contribution >= 0.6 is 0 Å². The number of aryl methyl sites for hydroxylation is 1. The standard InChI is InChI=1S/C9H14FN3.C2H4/c1-3-13(12)9-5-7(10)6(2)4-8(9)11;1-2/h4-5H,3,11-12H2,1-2H3;1-2H2. The van der Waals surface area contributed by atoms with Crippen LogP contribution in [0.3, 0.4) is 0 Å². The smallest absolute Gasteiger partial charge is 0.128 e. The zero-order valence-corrected chi connectivity index (χ0v) is 9.26. The Morgan fingerprint density at radius 3 is 2.40 bits per heavy atom. The van der Waals surface area contributed by atoms with E-state index in [4.69, 9.17) is 11.6 Å². The predicted octanol–water partition coefficient (Wildman–Crippen LogP) is 2.22. The normalized spacial score (nSPS) is 9.07. The van der Waals surface area contributed by atoms with Gasteiger partial charge in [-0.05, 0) is 25.5 Å². The number of nitrogens with zero attached hydrogens (tertiary/aromatic N) is 1. The fourth-order valence-corrected chi connectivity index (χ4v) is 1.11. The van der Waals surface area contributed by atoms with E-state index in [2.05, 4.69) is 13.2 Å². The van der Waals surface area contributed by atoms with Crippen molar-refractivity contribution in [3.8, 4) is 0 Å². The van der Waals surface area contributed by atoms with Crippen LogP contribution in [0.4, 0.5) is 15.8 Å². The Morgan fingerprint density at radius 1 is 1.40 bits per heavy atom. The molecule has 0 aliphatic heterocycles. The van der Waals surface area contributed by atoms with Crippen LogP contribution in [-0.4, -0.2) is 6.54 Å². The first-order chi connectivity index (χ1) is 7.06. The lowest BCUT2D eigenvalue weighted by atomic mass is 10.2. The molecule has 0 unspecified atom stereocenters. The first-order valence-electron chi connectivity index (χ1n) is 4.64. The Morgan fingerprint density at radius 2 is 1.93 bits per heavy atom. The average Bonchev–Trinajstić information content (AvgIpc) is 2.25. The summed E-state index contributed by atoms with van der Waals surface area (Å²) in [5, 5.41) is 1.41. The maximum atomic E-state index is 13.1. The highest BCUT2D eigenvalue weighted by Crippen LogP contribution is 2.24. The molecule has 0 aliphatic rings. The van der Waals surface area contributed by atoms with E-state index in [0.717, 1.165) is 0 Å². The van der Waals surface area contributed by atoms with Gasteiger partial charge in [0.1, 0.15) is 5.82 Å². The fraction of sp³-hybridized carbons (Fsp3) is 0.273. The van der Waals surface area contributed by atoms with Gasteiger partial charge in [0.2, 0.25) is 0 Å². The molecule has 0 radical (unpaired) electrons. The van der Waals surface area contributed by atoms with Crippen molar-refractivity contribution in [3.63, 3.8) is 0 Å². The van der Waals surface area contributed by atoms with Crippen LogP contribution in [0, 0.1) is 12.7 Å². The van der Waals surface area contributed by atoms with Crippen molar-refractivity contribution in [1.82, 2.24) is 0 Å². The Labute approximate surface area is 90.1 Å². The molecule has 0 atom stereocenters. The van der Waals surface area contributed by atoms with Crippen LogP contribution in [0.2, 0.25) is 0 Å². The van der Waals surface area contributed by atoms with Crippen molar-refractivity contribution >= 4 is 11.4 Å². The Kier molecular flexibility index (Phi) is 5.41. The second kappa shape index (κ2) is 6.03. The van der Waals surface area contributed by atoms with Gasteiger partial charge in [-0.3, -0.25) is 0 Å². The van der Waals surface area contributed by atoms with Gasteiger partial charge in [-0.2, -0.15) is 0 Å². The number of hydrogen-bond acceptors (Lipinski definition) is 3. The SMILES string of the molecule is C=C.CCN(N)c1cc(F)c(C)cc1N. The molecule has 84 valence electrons. The van der Waals surface area contributed by atoms with E-state index >= 15 is 0 Å². The van der Waals surface area contributed by atoms with Crippen molar-refractivity contribution < 1.29 is 4.39 Å². The summed E-state index contributed by atoms with van der Waals surface area (Å²) in [6.45, 7) is 10.1. The summed E-state index contributed by atoms with van der Waals surface area (Å²) in [5.41, 5.74) is 7.25. The van der Waals surface area contributed by atoms with Crippen molar-refractivity contribution in [3.05, 3.63) is 36.7 Å². The predicted molar refractivity (Wildman–Crippen MR) is 64.0 cm³/mol. The van der Waals surface area contributed by atoms with Gasteiger partial charge in [0.05, 0.1) is 11.4 Å². The number of rotatable bonds is 2. The van der Waals surface area contributed by atoms with Gasteiger partial charge in [0, 0.05) is 12.6 Å². The van der Waals surface area contributed by atoms with Crippen LogP contribution in [0.1, 0.15) is 12.5 Å². The zero-order valence-electron chi connectivity index (χ0n) is 9.26. The molecule has 0 saturated heterocycles. The molecule has 1 rings (SSSR count). The molecule has 1 aromatic rings. The molecular formula is C11H18FN3. The monoisotopic (exact) mass is 211 g/mol. The summed E-state index contributed by atoms with van der Waals surface area (Å²) in [6.07, 6.45) is 0. The van der Waals surface area contributed by atoms with Gasteiger partial charge in [0.25, 0.3) is 0 Å². The number of benzene rings is 1.